The Balaban J connectivity index is 1.25. The molecule has 9 rings (SSSR count). The Bertz CT molecular complexity index is 2490. The molecule has 1 aromatic heterocycles. The monoisotopic (exact) mass is 546 g/mol. The van der Waals surface area contributed by atoms with Crippen LogP contribution in [-0.4, -0.2) is 0 Å². The largest absolute Gasteiger partial charge is 0.455 e. The van der Waals surface area contributed by atoms with Crippen LogP contribution in [0.15, 0.2) is 162 Å². The molecule has 9 aromatic rings. The number of benzene rings is 8. The molecule has 0 amide bonds. The Morgan fingerprint density at radius 1 is 0.326 bits per heavy atom. The lowest BCUT2D eigenvalue weighted by atomic mass is 9.92. The zero-order valence-electron chi connectivity index (χ0n) is 23.4. The van der Waals surface area contributed by atoms with Gasteiger partial charge in [0.1, 0.15) is 11.2 Å². The van der Waals surface area contributed by atoms with Gasteiger partial charge in [0.25, 0.3) is 0 Å². The molecule has 0 atom stereocenters. The number of rotatable bonds is 3. The zero-order chi connectivity index (χ0) is 28.3. The first-order chi connectivity index (χ1) is 21.3. The van der Waals surface area contributed by atoms with Crippen molar-refractivity contribution in [3.8, 4) is 33.4 Å². The van der Waals surface area contributed by atoms with Gasteiger partial charge >= 0.3 is 0 Å². The van der Waals surface area contributed by atoms with Crippen LogP contribution in [0, 0.1) is 0 Å². The predicted molar refractivity (Wildman–Crippen MR) is 183 cm³/mol. The summed E-state index contributed by atoms with van der Waals surface area (Å²) in [6.07, 6.45) is 0. The van der Waals surface area contributed by atoms with Crippen molar-refractivity contribution in [1.29, 1.82) is 0 Å². The molecule has 200 valence electrons. The molecule has 0 fully saturated rings. The smallest absolute Gasteiger partial charge is 0.143 e. The van der Waals surface area contributed by atoms with Crippen molar-refractivity contribution in [3.05, 3.63) is 158 Å². The van der Waals surface area contributed by atoms with Crippen LogP contribution >= 0.6 is 0 Å². The molecule has 0 aliphatic carbocycles. The van der Waals surface area contributed by atoms with E-state index in [0.717, 1.165) is 27.5 Å². The highest BCUT2D eigenvalue weighted by Crippen LogP contribution is 2.43. The zero-order valence-corrected chi connectivity index (χ0v) is 23.4. The number of hydrogen-bond acceptors (Lipinski definition) is 1. The molecule has 43 heavy (non-hydrogen) atoms. The maximum atomic E-state index is 6.70. The molecule has 1 nitrogen and oxygen atoms in total. The predicted octanol–water partition coefficient (Wildman–Crippen LogP) is 12.0. The summed E-state index contributed by atoms with van der Waals surface area (Å²) in [4.78, 5) is 0. The van der Waals surface area contributed by atoms with Gasteiger partial charge in [-0.15, -0.1) is 0 Å². The summed E-state index contributed by atoms with van der Waals surface area (Å²) in [6.45, 7) is 0. The fourth-order valence-corrected chi connectivity index (χ4v) is 6.79. The van der Waals surface area contributed by atoms with Gasteiger partial charge in [-0.25, -0.2) is 0 Å². The van der Waals surface area contributed by atoms with Gasteiger partial charge in [0.15, 0.2) is 0 Å². The lowest BCUT2D eigenvalue weighted by molar-refractivity contribution is 0.673. The molecule has 0 aliphatic heterocycles. The molecule has 0 aliphatic rings. The Kier molecular flexibility index (Phi) is 5.27. The van der Waals surface area contributed by atoms with E-state index in [1.54, 1.807) is 0 Å². The fraction of sp³-hybridized carbons (Fsp3) is 0. The van der Waals surface area contributed by atoms with Crippen LogP contribution in [0.25, 0.3) is 87.6 Å². The van der Waals surface area contributed by atoms with Crippen LogP contribution in [0.3, 0.4) is 0 Å². The van der Waals surface area contributed by atoms with E-state index in [9.17, 15) is 0 Å². The van der Waals surface area contributed by atoms with Crippen LogP contribution < -0.4 is 0 Å². The molecule has 8 aromatic carbocycles. The quantitative estimate of drug-likeness (QED) is 0.201. The minimum atomic E-state index is 0.917. The van der Waals surface area contributed by atoms with E-state index in [-0.39, 0.29) is 0 Å². The second kappa shape index (κ2) is 9.44. The van der Waals surface area contributed by atoms with Gasteiger partial charge in [-0.2, -0.15) is 0 Å². The van der Waals surface area contributed by atoms with E-state index in [1.807, 2.05) is 0 Å². The van der Waals surface area contributed by atoms with Gasteiger partial charge in [0, 0.05) is 16.2 Å². The van der Waals surface area contributed by atoms with E-state index < -0.39 is 0 Å². The summed E-state index contributed by atoms with van der Waals surface area (Å²) in [5.74, 6) is 0. The van der Waals surface area contributed by atoms with E-state index in [2.05, 4.69) is 158 Å². The van der Waals surface area contributed by atoms with Gasteiger partial charge in [0.05, 0.1) is 0 Å². The fourth-order valence-electron chi connectivity index (χ4n) is 6.79. The highest BCUT2D eigenvalue weighted by atomic mass is 16.3. The normalized spacial score (nSPS) is 11.7. The van der Waals surface area contributed by atoms with Gasteiger partial charge in [-0.05, 0) is 90.6 Å². The standard InChI is InChI=1S/C42H26O/c1-2-10-27(11-3-1)31-21-23-38-40(26-31)43-42-37-22-20-30(25-39(37)35-17-6-7-18-36(35)41(38)42)29-14-8-15-32(24-29)34-19-9-13-28-12-4-5-16-33(28)34/h1-26H. The Morgan fingerprint density at radius 3 is 1.84 bits per heavy atom. The van der Waals surface area contributed by atoms with E-state index >= 15 is 0 Å². The van der Waals surface area contributed by atoms with E-state index in [4.69, 9.17) is 4.42 Å². The number of furan rings is 1. The van der Waals surface area contributed by atoms with E-state index in [0.29, 0.717) is 0 Å². The van der Waals surface area contributed by atoms with Crippen LogP contribution in [0.2, 0.25) is 0 Å². The summed E-state index contributed by atoms with van der Waals surface area (Å²) in [6, 6.07) is 56.7. The van der Waals surface area contributed by atoms with Crippen molar-refractivity contribution in [2.24, 2.45) is 0 Å². The third-order valence-electron chi connectivity index (χ3n) is 8.84. The van der Waals surface area contributed by atoms with Crippen molar-refractivity contribution >= 4 is 54.3 Å². The first kappa shape index (κ1) is 24.0. The topological polar surface area (TPSA) is 13.1 Å². The van der Waals surface area contributed by atoms with Crippen LogP contribution in [0.5, 0.6) is 0 Å². The van der Waals surface area contributed by atoms with Gasteiger partial charge < -0.3 is 4.42 Å². The van der Waals surface area contributed by atoms with Crippen molar-refractivity contribution in [3.63, 3.8) is 0 Å². The highest BCUT2D eigenvalue weighted by molar-refractivity contribution is 6.30. The molecule has 0 N–H and O–H groups in total. The van der Waals surface area contributed by atoms with E-state index in [1.165, 1.54) is 60.1 Å². The molecule has 0 saturated carbocycles. The maximum Gasteiger partial charge on any atom is 0.143 e. The maximum absolute atomic E-state index is 6.70. The summed E-state index contributed by atoms with van der Waals surface area (Å²) >= 11 is 0. The van der Waals surface area contributed by atoms with Crippen molar-refractivity contribution in [2.75, 3.05) is 0 Å². The summed E-state index contributed by atoms with van der Waals surface area (Å²) in [5.41, 5.74) is 9.09. The summed E-state index contributed by atoms with van der Waals surface area (Å²) in [7, 11) is 0. The van der Waals surface area contributed by atoms with Crippen molar-refractivity contribution in [1.82, 2.24) is 0 Å². The molecule has 0 bridgehead atoms. The van der Waals surface area contributed by atoms with Crippen LogP contribution in [0.4, 0.5) is 0 Å². The molecule has 1 heterocycles. The van der Waals surface area contributed by atoms with Crippen molar-refractivity contribution < 1.29 is 4.42 Å². The summed E-state index contributed by atoms with van der Waals surface area (Å²) < 4.78 is 6.70. The van der Waals surface area contributed by atoms with Gasteiger partial charge in [0.2, 0.25) is 0 Å². The van der Waals surface area contributed by atoms with Crippen molar-refractivity contribution in [2.45, 2.75) is 0 Å². The lowest BCUT2D eigenvalue weighted by Gasteiger charge is -2.11. The van der Waals surface area contributed by atoms with Crippen LogP contribution in [0.1, 0.15) is 0 Å². The summed E-state index contributed by atoms with van der Waals surface area (Å²) in [5, 5.41) is 9.68. The lowest BCUT2D eigenvalue weighted by Crippen LogP contribution is -1.85. The molecule has 0 radical (unpaired) electrons. The highest BCUT2D eigenvalue weighted by Gasteiger charge is 2.17. The second-order valence-corrected chi connectivity index (χ2v) is 11.3. The third kappa shape index (κ3) is 3.79. The number of fused-ring (bicyclic) bond motifs is 9. The van der Waals surface area contributed by atoms with Crippen LogP contribution in [-0.2, 0) is 0 Å². The SMILES string of the molecule is c1ccc(-c2ccc3c(c2)oc2c4ccc(-c5cccc(-c6cccc7ccccc67)c5)cc4c4ccccc4c32)cc1. The Labute approximate surface area is 249 Å². The Hall–Kier alpha value is -5.66. The average Bonchev–Trinajstić information content (AvgIpc) is 3.48. The molecule has 0 saturated heterocycles. The molecular formula is C42H26O. The Morgan fingerprint density at radius 2 is 0.953 bits per heavy atom. The molecular weight excluding hydrogens is 520 g/mol. The first-order valence-electron chi connectivity index (χ1n) is 14.8. The van der Waals surface area contributed by atoms with Gasteiger partial charge in [-0.3, -0.25) is 0 Å². The third-order valence-corrected chi connectivity index (χ3v) is 8.84. The molecule has 0 unspecified atom stereocenters. The molecule has 1 heteroatoms. The molecule has 0 spiro atoms. The van der Waals surface area contributed by atoms with Gasteiger partial charge in [-0.1, -0.05) is 127 Å². The minimum absolute atomic E-state index is 0.917. The second-order valence-electron chi connectivity index (χ2n) is 11.3. The first-order valence-corrected chi connectivity index (χ1v) is 14.8. The minimum Gasteiger partial charge on any atom is -0.455 e. The average molecular weight is 547 g/mol. The number of hydrogen-bond donors (Lipinski definition) is 0.